The summed E-state index contributed by atoms with van der Waals surface area (Å²) < 4.78 is 13.0. The average molecular weight is 211 g/mol. The largest absolute Gasteiger partial charge is 0.364 e. The summed E-state index contributed by atoms with van der Waals surface area (Å²) in [6.45, 7) is 0. The highest BCUT2D eigenvalue weighted by atomic mass is 32.1. The first-order valence-electron chi connectivity index (χ1n) is 3.99. The van der Waals surface area contributed by atoms with Crippen molar-refractivity contribution in [1.82, 2.24) is 10.7 Å². The van der Waals surface area contributed by atoms with E-state index in [1.54, 1.807) is 25.2 Å². The van der Waals surface area contributed by atoms with Crippen LogP contribution in [0.2, 0.25) is 0 Å². The van der Waals surface area contributed by atoms with Crippen LogP contribution in [0.1, 0.15) is 5.56 Å². The maximum absolute atomic E-state index is 13.0. The summed E-state index contributed by atoms with van der Waals surface area (Å²) in [5, 5.41) is 6.82. The molecule has 2 N–H and O–H groups in total. The molecule has 0 bridgehead atoms. The van der Waals surface area contributed by atoms with E-state index in [0.29, 0.717) is 10.7 Å². The number of nitrogens with one attached hydrogen (secondary N) is 2. The van der Waals surface area contributed by atoms with Crippen molar-refractivity contribution in [3.05, 3.63) is 35.6 Å². The van der Waals surface area contributed by atoms with Gasteiger partial charge in [0.25, 0.3) is 0 Å². The summed E-state index contributed by atoms with van der Waals surface area (Å²) in [7, 11) is 1.67. The molecule has 0 saturated heterocycles. The van der Waals surface area contributed by atoms with Crippen LogP contribution < -0.4 is 10.7 Å². The molecule has 1 aromatic carbocycles. The molecule has 14 heavy (non-hydrogen) atoms. The summed E-state index contributed by atoms with van der Waals surface area (Å²) in [6.07, 6.45) is 1.37. The fourth-order valence-electron chi connectivity index (χ4n) is 0.796. The molecular formula is C9H10FN3S. The van der Waals surface area contributed by atoms with Gasteiger partial charge < -0.3 is 5.32 Å². The molecular weight excluding hydrogens is 201 g/mol. The number of rotatable bonds is 2. The van der Waals surface area contributed by atoms with Crippen LogP contribution in [0.4, 0.5) is 4.39 Å². The topological polar surface area (TPSA) is 36.4 Å². The van der Waals surface area contributed by atoms with Crippen LogP contribution in [0, 0.1) is 5.82 Å². The number of thiocarbonyl (C=S) groups is 1. The smallest absolute Gasteiger partial charge is 0.186 e. The second-order valence-corrected chi connectivity index (χ2v) is 2.88. The van der Waals surface area contributed by atoms with Gasteiger partial charge in [0.1, 0.15) is 5.82 Å². The molecule has 74 valence electrons. The summed E-state index contributed by atoms with van der Waals surface area (Å²) >= 11 is 4.77. The Bertz CT molecular complexity index is 352. The summed E-state index contributed by atoms with van der Waals surface area (Å²) in [5.74, 6) is -0.312. The van der Waals surface area contributed by atoms with Crippen molar-refractivity contribution in [2.24, 2.45) is 5.10 Å². The van der Waals surface area contributed by atoms with Gasteiger partial charge in [-0.15, -0.1) is 0 Å². The zero-order valence-corrected chi connectivity index (χ0v) is 8.44. The van der Waals surface area contributed by atoms with Gasteiger partial charge in [0, 0.05) is 12.6 Å². The first-order valence-corrected chi connectivity index (χ1v) is 4.40. The van der Waals surface area contributed by atoms with Gasteiger partial charge in [0.2, 0.25) is 0 Å². The fourth-order valence-corrected chi connectivity index (χ4v) is 0.849. The third-order valence-corrected chi connectivity index (χ3v) is 1.80. The van der Waals surface area contributed by atoms with Gasteiger partial charge >= 0.3 is 0 Å². The van der Waals surface area contributed by atoms with Crippen LogP contribution in [0.5, 0.6) is 0 Å². The number of hydrogen-bond donors (Lipinski definition) is 2. The summed E-state index contributed by atoms with van der Waals surface area (Å²) in [6, 6.07) is 6.36. The minimum atomic E-state index is -0.312. The lowest BCUT2D eigenvalue weighted by molar-refractivity contribution is 0.626. The van der Waals surface area contributed by atoms with Gasteiger partial charge in [0.05, 0.1) is 6.21 Å². The standard InChI is InChI=1S/C9H10FN3S/c1-11-9(14)13-12-6-7-4-2-3-5-8(7)10/h2-6H,1H3,(H2,11,13,14)/b12-6-. The molecule has 5 heteroatoms. The monoisotopic (exact) mass is 211 g/mol. The lowest BCUT2D eigenvalue weighted by Crippen LogP contribution is -2.28. The van der Waals surface area contributed by atoms with Crippen molar-refractivity contribution in [2.45, 2.75) is 0 Å². The highest BCUT2D eigenvalue weighted by molar-refractivity contribution is 7.80. The van der Waals surface area contributed by atoms with E-state index in [2.05, 4.69) is 15.8 Å². The molecule has 0 radical (unpaired) electrons. The number of hydrazone groups is 1. The highest BCUT2D eigenvalue weighted by Crippen LogP contribution is 2.02. The number of benzene rings is 1. The molecule has 0 atom stereocenters. The summed E-state index contributed by atoms with van der Waals surface area (Å²) in [5.41, 5.74) is 2.95. The predicted octanol–water partition coefficient (Wildman–Crippen LogP) is 1.25. The molecule has 0 spiro atoms. The lowest BCUT2D eigenvalue weighted by atomic mass is 10.2. The first-order chi connectivity index (χ1) is 6.74. The normalized spacial score (nSPS) is 10.1. The van der Waals surface area contributed by atoms with Crippen LogP contribution >= 0.6 is 12.2 Å². The van der Waals surface area contributed by atoms with Crippen LogP contribution in [0.25, 0.3) is 0 Å². The lowest BCUT2D eigenvalue weighted by Gasteiger charge is -1.99. The van der Waals surface area contributed by atoms with E-state index in [-0.39, 0.29) is 5.82 Å². The molecule has 0 heterocycles. The minimum absolute atomic E-state index is 0.312. The summed E-state index contributed by atoms with van der Waals surface area (Å²) in [4.78, 5) is 0. The SMILES string of the molecule is CNC(=S)N/N=C\c1ccccc1F. The Hall–Kier alpha value is -1.49. The van der Waals surface area contributed by atoms with E-state index >= 15 is 0 Å². The quantitative estimate of drug-likeness (QED) is 0.439. The van der Waals surface area contributed by atoms with E-state index in [0.717, 1.165) is 0 Å². The van der Waals surface area contributed by atoms with Gasteiger partial charge in [-0.2, -0.15) is 5.10 Å². The number of nitrogens with zero attached hydrogens (tertiary/aromatic N) is 1. The molecule has 0 aliphatic heterocycles. The molecule has 0 aromatic heterocycles. The Labute approximate surface area is 87.0 Å². The molecule has 1 aromatic rings. The van der Waals surface area contributed by atoms with Crippen molar-refractivity contribution < 1.29 is 4.39 Å². The number of halogens is 1. The van der Waals surface area contributed by atoms with Gasteiger partial charge in [-0.1, -0.05) is 18.2 Å². The Morgan fingerprint density at radius 3 is 2.86 bits per heavy atom. The van der Waals surface area contributed by atoms with Gasteiger partial charge in [-0.3, -0.25) is 5.43 Å². The Morgan fingerprint density at radius 2 is 2.21 bits per heavy atom. The molecule has 0 fully saturated rings. The molecule has 0 aliphatic carbocycles. The van der Waals surface area contributed by atoms with E-state index in [1.165, 1.54) is 12.3 Å². The molecule has 0 aliphatic rings. The average Bonchev–Trinajstić information content (AvgIpc) is 2.20. The molecule has 1 rings (SSSR count). The van der Waals surface area contributed by atoms with Crippen LogP contribution in [0.3, 0.4) is 0 Å². The second-order valence-electron chi connectivity index (χ2n) is 2.47. The Morgan fingerprint density at radius 1 is 1.50 bits per heavy atom. The molecule has 0 unspecified atom stereocenters. The first kappa shape index (κ1) is 10.6. The Kier molecular flexibility index (Phi) is 4.00. The minimum Gasteiger partial charge on any atom is -0.364 e. The van der Waals surface area contributed by atoms with Gasteiger partial charge in [0.15, 0.2) is 5.11 Å². The van der Waals surface area contributed by atoms with Crippen molar-refractivity contribution in [3.63, 3.8) is 0 Å². The van der Waals surface area contributed by atoms with E-state index < -0.39 is 0 Å². The van der Waals surface area contributed by atoms with E-state index in [9.17, 15) is 4.39 Å². The number of hydrogen-bond acceptors (Lipinski definition) is 2. The second kappa shape index (κ2) is 5.29. The third kappa shape index (κ3) is 3.10. The van der Waals surface area contributed by atoms with Gasteiger partial charge in [-0.25, -0.2) is 4.39 Å². The zero-order valence-electron chi connectivity index (χ0n) is 7.62. The zero-order chi connectivity index (χ0) is 10.4. The van der Waals surface area contributed by atoms with E-state index in [4.69, 9.17) is 12.2 Å². The fraction of sp³-hybridized carbons (Fsp3) is 0.111. The van der Waals surface area contributed by atoms with Crippen molar-refractivity contribution >= 4 is 23.5 Å². The van der Waals surface area contributed by atoms with Crippen LogP contribution in [-0.2, 0) is 0 Å². The molecule has 0 saturated carbocycles. The van der Waals surface area contributed by atoms with Crippen molar-refractivity contribution in [1.29, 1.82) is 0 Å². The van der Waals surface area contributed by atoms with Crippen LogP contribution in [-0.4, -0.2) is 18.4 Å². The predicted molar refractivity (Wildman–Crippen MR) is 58.8 cm³/mol. The van der Waals surface area contributed by atoms with Crippen molar-refractivity contribution in [2.75, 3.05) is 7.05 Å². The third-order valence-electron chi connectivity index (χ3n) is 1.50. The Balaban J connectivity index is 2.60. The highest BCUT2D eigenvalue weighted by Gasteiger charge is 1.95. The maximum atomic E-state index is 13.0. The molecule has 3 nitrogen and oxygen atoms in total. The van der Waals surface area contributed by atoms with E-state index in [1.807, 2.05) is 0 Å². The molecule has 0 amide bonds. The maximum Gasteiger partial charge on any atom is 0.186 e. The van der Waals surface area contributed by atoms with Gasteiger partial charge in [-0.05, 0) is 18.3 Å². The van der Waals surface area contributed by atoms with Crippen molar-refractivity contribution in [3.8, 4) is 0 Å². The van der Waals surface area contributed by atoms with Crippen LogP contribution in [0.15, 0.2) is 29.4 Å².